The minimum absolute atomic E-state index is 0.0873. The van der Waals surface area contributed by atoms with E-state index in [0.29, 0.717) is 24.8 Å². The molecule has 3 aromatic rings. The fourth-order valence-electron chi connectivity index (χ4n) is 3.55. The van der Waals surface area contributed by atoms with Crippen LogP contribution in [-0.4, -0.2) is 47.0 Å². The van der Waals surface area contributed by atoms with Crippen molar-refractivity contribution in [3.05, 3.63) is 77.6 Å². The van der Waals surface area contributed by atoms with Crippen molar-refractivity contribution in [3.63, 3.8) is 0 Å². The van der Waals surface area contributed by atoms with Gasteiger partial charge in [-0.1, -0.05) is 37.3 Å². The summed E-state index contributed by atoms with van der Waals surface area (Å²) in [5, 5.41) is 0. The summed E-state index contributed by atoms with van der Waals surface area (Å²) in [5.41, 5.74) is 1.99. The van der Waals surface area contributed by atoms with Crippen molar-refractivity contribution in [2.75, 3.05) is 31.1 Å². The molecule has 6 heteroatoms. The van der Waals surface area contributed by atoms with E-state index in [2.05, 4.69) is 21.8 Å². The summed E-state index contributed by atoms with van der Waals surface area (Å²) >= 11 is 0. The zero-order chi connectivity index (χ0) is 20.9. The van der Waals surface area contributed by atoms with Gasteiger partial charge in [-0.05, 0) is 43.2 Å². The molecule has 0 aliphatic carbocycles. The fraction of sp³-hybridized carbons (Fsp3) is 0.292. The average Bonchev–Trinajstić information content (AvgIpc) is 2.79. The number of amides is 1. The molecular formula is C24H26N4O2. The third-order valence-corrected chi connectivity index (χ3v) is 5.27. The Bertz CT molecular complexity index is 997. The van der Waals surface area contributed by atoms with Crippen molar-refractivity contribution >= 4 is 11.7 Å². The molecule has 0 atom stereocenters. The minimum Gasteiger partial charge on any atom is -0.439 e. The Morgan fingerprint density at radius 1 is 0.967 bits per heavy atom. The molecule has 1 fully saturated rings. The summed E-state index contributed by atoms with van der Waals surface area (Å²) < 4.78 is 5.88. The van der Waals surface area contributed by atoms with E-state index in [1.165, 1.54) is 5.56 Å². The van der Waals surface area contributed by atoms with Gasteiger partial charge in [0.25, 0.3) is 5.91 Å². The van der Waals surface area contributed by atoms with Crippen LogP contribution in [0, 0.1) is 6.92 Å². The number of anilines is 1. The number of hydrogen-bond donors (Lipinski definition) is 0. The van der Waals surface area contributed by atoms with Gasteiger partial charge in [-0.3, -0.25) is 4.79 Å². The Morgan fingerprint density at radius 2 is 1.67 bits per heavy atom. The highest BCUT2D eigenvalue weighted by molar-refractivity contribution is 5.94. The smallest absolute Gasteiger partial charge is 0.253 e. The van der Waals surface area contributed by atoms with Crippen molar-refractivity contribution in [3.8, 4) is 11.6 Å². The van der Waals surface area contributed by atoms with Crippen LogP contribution in [0.15, 0.2) is 60.7 Å². The van der Waals surface area contributed by atoms with Gasteiger partial charge < -0.3 is 14.5 Å². The normalized spacial score (nSPS) is 13.9. The highest BCUT2D eigenvalue weighted by atomic mass is 16.5. The van der Waals surface area contributed by atoms with Crippen molar-refractivity contribution < 1.29 is 9.53 Å². The largest absolute Gasteiger partial charge is 0.439 e. The monoisotopic (exact) mass is 402 g/mol. The van der Waals surface area contributed by atoms with Crippen LogP contribution in [0.3, 0.4) is 0 Å². The van der Waals surface area contributed by atoms with Crippen LogP contribution in [0.25, 0.3) is 0 Å². The van der Waals surface area contributed by atoms with E-state index in [-0.39, 0.29) is 5.91 Å². The van der Waals surface area contributed by atoms with Gasteiger partial charge in [0, 0.05) is 37.8 Å². The number of aromatic nitrogens is 2. The Morgan fingerprint density at radius 3 is 2.33 bits per heavy atom. The third-order valence-electron chi connectivity index (χ3n) is 5.27. The lowest BCUT2D eigenvalue weighted by atomic mass is 10.1. The standard InChI is InChI=1S/C24H26N4O2/c1-3-19-9-11-20(12-10-19)24(29)28-15-13-27(14-16-28)22-17-23(26-18(2)25-22)30-21-7-5-4-6-8-21/h4-12,17H,3,13-16H2,1-2H3. The van der Waals surface area contributed by atoms with Crippen molar-refractivity contribution in [1.82, 2.24) is 14.9 Å². The summed E-state index contributed by atoms with van der Waals surface area (Å²) in [5.74, 6) is 2.84. The maximum absolute atomic E-state index is 12.8. The number of hydrogen-bond acceptors (Lipinski definition) is 5. The van der Waals surface area contributed by atoms with E-state index in [9.17, 15) is 4.79 Å². The summed E-state index contributed by atoms with van der Waals surface area (Å²) in [7, 11) is 0. The molecule has 1 aromatic heterocycles. The minimum atomic E-state index is 0.0873. The lowest BCUT2D eigenvalue weighted by Gasteiger charge is -2.35. The second kappa shape index (κ2) is 8.95. The van der Waals surface area contributed by atoms with E-state index >= 15 is 0 Å². The summed E-state index contributed by atoms with van der Waals surface area (Å²) in [6.07, 6.45) is 0.974. The van der Waals surface area contributed by atoms with Gasteiger partial charge in [0.15, 0.2) is 0 Å². The van der Waals surface area contributed by atoms with Crippen molar-refractivity contribution in [2.45, 2.75) is 20.3 Å². The molecular weight excluding hydrogens is 376 g/mol. The SMILES string of the molecule is CCc1ccc(C(=O)N2CCN(c3cc(Oc4ccccc4)nc(C)n3)CC2)cc1. The topological polar surface area (TPSA) is 58.6 Å². The number of aryl methyl sites for hydroxylation is 2. The average molecular weight is 402 g/mol. The van der Waals surface area contributed by atoms with Gasteiger partial charge in [-0.15, -0.1) is 0 Å². The molecule has 1 amide bonds. The molecule has 6 nitrogen and oxygen atoms in total. The Labute approximate surface area is 177 Å². The molecule has 0 N–H and O–H groups in total. The summed E-state index contributed by atoms with van der Waals surface area (Å²) in [6, 6.07) is 19.4. The molecule has 30 heavy (non-hydrogen) atoms. The number of nitrogens with zero attached hydrogens (tertiary/aromatic N) is 4. The van der Waals surface area contributed by atoms with Crippen molar-refractivity contribution in [1.29, 1.82) is 0 Å². The molecule has 0 saturated carbocycles. The van der Waals surface area contributed by atoms with Gasteiger partial charge in [-0.25, -0.2) is 4.98 Å². The van der Waals surface area contributed by atoms with Crippen LogP contribution in [-0.2, 0) is 6.42 Å². The molecule has 1 saturated heterocycles. The first kappa shape index (κ1) is 19.9. The Hall–Kier alpha value is -3.41. The van der Waals surface area contributed by atoms with Gasteiger partial charge in [0.2, 0.25) is 5.88 Å². The van der Waals surface area contributed by atoms with Crippen LogP contribution >= 0.6 is 0 Å². The van der Waals surface area contributed by atoms with Crippen molar-refractivity contribution in [2.24, 2.45) is 0 Å². The first-order valence-corrected chi connectivity index (χ1v) is 10.3. The van der Waals surface area contributed by atoms with Crippen LogP contribution in [0.5, 0.6) is 11.6 Å². The lowest BCUT2D eigenvalue weighted by Crippen LogP contribution is -2.49. The molecule has 1 aliphatic heterocycles. The molecule has 2 aromatic carbocycles. The van der Waals surface area contributed by atoms with E-state index < -0.39 is 0 Å². The molecule has 154 valence electrons. The zero-order valence-electron chi connectivity index (χ0n) is 17.4. The molecule has 4 rings (SSSR count). The number of ether oxygens (including phenoxy) is 1. The number of benzene rings is 2. The van der Waals surface area contributed by atoms with E-state index in [0.717, 1.165) is 36.6 Å². The fourth-order valence-corrected chi connectivity index (χ4v) is 3.55. The zero-order valence-corrected chi connectivity index (χ0v) is 17.4. The van der Waals surface area contributed by atoms with E-state index in [4.69, 9.17) is 4.74 Å². The quantitative estimate of drug-likeness (QED) is 0.643. The first-order valence-electron chi connectivity index (χ1n) is 10.3. The summed E-state index contributed by atoms with van der Waals surface area (Å²) in [6.45, 7) is 6.74. The van der Waals surface area contributed by atoms with Crippen LogP contribution in [0.1, 0.15) is 28.7 Å². The molecule has 0 spiro atoms. The predicted octanol–water partition coefficient (Wildman–Crippen LogP) is 4.10. The third kappa shape index (κ3) is 4.59. The number of para-hydroxylation sites is 1. The molecule has 0 radical (unpaired) electrons. The first-order chi connectivity index (χ1) is 14.6. The van der Waals surface area contributed by atoms with E-state index in [1.54, 1.807) is 0 Å². The molecule has 0 bridgehead atoms. The van der Waals surface area contributed by atoms with Gasteiger partial charge >= 0.3 is 0 Å². The van der Waals surface area contributed by atoms with Crippen LogP contribution in [0.4, 0.5) is 5.82 Å². The second-order valence-electron chi connectivity index (χ2n) is 7.36. The lowest BCUT2D eigenvalue weighted by molar-refractivity contribution is 0.0746. The second-order valence-corrected chi connectivity index (χ2v) is 7.36. The van der Waals surface area contributed by atoms with Gasteiger partial charge in [0.1, 0.15) is 17.4 Å². The maximum Gasteiger partial charge on any atom is 0.253 e. The molecule has 1 aliphatic rings. The molecule has 0 unspecified atom stereocenters. The molecule has 2 heterocycles. The highest BCUT2D eigenvalue weighted by Crippen LogP contribution is 2.24. The van der Waals surface area contributed by atoms with Gasteiger partial charge in [-0.2, -0.15) is 4.98 Å². The van der Waals surface area contributed by atoms with Crippen LogP contribution < -0.4 is 9.64 Å². The number of carbonyl (C=O) groups is 1. The highest BCUT2D eigenvalue weighted by Gasteiger charge is 2.23. The Kier molecular flexibility index (Phi) is 5.93. The van der Waals surface area contributed by atoms with E-state index in [1.807, 2.05) is 72.5 Å². The summed E-state index contributed by atoms with van der Waals surface area (Å²) in [4.78, 5) is 25.9. The van der Waals surface area contributed by atoms with Crippen LogP contribution in [0.2, 0.25) is 0 Å². The number of rotatable bonds is 5. The number of carbonyl (C=O) groups excluding carboxylic acids is 1. The Balaban J connectivity index is 1.41. The maximum atomic E-state index is 12.8. The van der Waals surface area contributed by atoms with Gasteiger partial charge in [0.05, 0.1) is 0 Å². The number of piperazine rings is 1. The predicted molar refractivity (Wildman–Crippen MR) is 117 cm³/mol.